The summed E-state index contributed by atoms with van der Waals surface area (Å²) in [6.45, 7) is 5.97. The summed E-state index contributed by atoms with van der Waals surface area (Å²) in [4.78, 5) is 20.0. The minimum absolute atomic E-state index is 0.00702. The molecule has 3 N–H and O–H groups in total. The molecule has 2 aromatic heterocycles. The molecule has 4 heterocycles. The number of ether oxygens (including phenoxy) is 1. The van der Waals surface area contributed by atoms with E-state index in [1.165, 1.54) is 0 Å². The number of amides is 1. The fraction of sp³-hybridized carbons (Fsp3) is 0.318. The lowest BCUT2D eigenvalue weighted by molar-refractivity contribution is -0.118. The van der Waals surface area contributed by atoms with Crippen LogP contribution in [0.3, 0.4) is 0 Å². The Hall–Kier alpha value is -3.28. The number of H-pyrrole nitrogens is 1. The fourth-order valence-electron chi connectivity index (χ4n) is 3.72. The number of carbonyl (C=O) groups excluding carboxylic acids is 1. The van der Waals surface area contributed by atoms with Gasteiger partial charge in [0, 0.05) is 47.8 Å². The highest BCUT2D eigenvalue weighted by atomic mass is 32.2. The van der Waals surface area contributed by atoms with Crippen molar-refractivity contribution in [1.29, 1.82) is 0 Å². The number of aromatic amines is 1. The fourth-order valence-corrected chi connectivity index (χ4v) is 4.58. The summed E-state index contributed by atoms with van der Waals surface area (Å²) in [7, 11) is 0. The Balaban J connectivity index is 1.21. The van der Waals surface area contributed by atoms with E-state index in [2.05, 4.69) is 35.0 Å². The van der Waals surface area contributed by atoms with Crippen LogP contribution in [0.25, 0.3) is 5.82 Å². The summed E-state index contributed by atoms with van der Waals surface area (Å²) in [5.74, 6) is 2.56. The number of rotatable bonds is 7. The second kappa shape index (κ2) is 9.69. The Morgan fingerprint density at radius 1 is 1.24 bits per heavy atom. The van der Waals surface area contributed by atoms with Crippen LogP contribution in [0.4, 0.5) is 11.5 Å². The van der Waals surface area contributed by atoms with Gasteiger partial charge < -0.3 is 19.7 Å². The SMILES string of the molecule is Cc1cc(NC2=CN(Sc3ccc(NC(=O)CN4CCOCC4)cc3)Cc3nccn32)n[nH]1. The highest BCUT2D eigenvalue weighted by molar-refractivity contribution is 7.97. The maximum atomic E-state index is 12.3. The maximum absolute atomic E-state index is 12.3. The number of carbonyl (C=O) groups is 1. The summed E-state index contributed by atoms with van der Waals surface area (Å²) in [6.07, 6.45) is 5.77. The van der Waals surface area contributed by atoms with Crippen LogP contribution in [0.2, 0.25) is 0 Å². The van der Waals surface area contributed by atoms with Crippen LogP contribution in [0, 0.1) is 6.92 Å². The smallest absolute Gasteiger partial charge is 0.238 e. The summed E-state index contributed by atoms with van der Waals surface area (Å²) < 4.78 is 9.47. The number of anilines is 2. The van der Waals surface area contributed by atoms with Crippen molar-refractivity contribution < 1.29 is 9.53 Å². The van der Waals surface area contributed by atoms with E-state index in [1.807, 2.05) is 54.2 Å². The molecule has 33 heavy (non-hydrogen) atoms. The molecular formula is C22H26N8O2S. The van der Waals surface area contributed by atoms with E-state index in [0.717, 1.165) is 46.8 Å². The quantitative estimate of drug-likeness (QED) is 0.457. The van der Waals surface area contributed by atoms with Gasteiger partial charge in [0.25, 0.3) is 0 Å². The summed E-state index contributed by atoms with van der Waals surface area (Å²) in [6, 6.07) is 9.83. The van der Waals surface area contributed by atoms with Crippen LogP contribution in [0.5, 0.6) is 0 Å². The van der Waals surface area contributed by atoms with Gasteiger partial charge in [0.2, 0.25) is 5.91 Å². The molecule has 2 aliphatic rings. The molecule has 0 bridgehead atoms. The molecule has 10 nitrogen and oxygen atoms in total. The molecule has 1 amide bonds. The van der Waals surface area contributed by atoms with Gasteiger partial charge in [0.15, 0.2) is 5.82 Å². The first-order chi connectivity index (χ1) is 16.1. The Kier molecular flexibility index (Phi) is 6.33. The predicted molar refractivity (Wildman–Crippen MR) is 127 cm³/mol. The summed E-state index contributed by atoms with van der Waals surface area (Å²) in [5, 5.41) is 13.5. The molecule has 0 atom stereocenters. The van der Waals surface area contributed by atoms with E-state index in [-0.39, 0.29) is 5.91 Å². The Morgan fingerprint density at radius 3 is 2.82 bits per heavy atom. The Bertz CT molecular complexity index is 1130. The van der Waals surface area contributed by atoms with Crippen molar-refractivity contribution in [3.05, 3.63) is 60.4 Å². The van der Waals surface area contributed by atoms with Crippen molar-refractivity contribution >= 4 is 35.2 Å². The molecule has 0 aliphatic carbocycles. The highest BCUT2D eigenvalue weighted by Crippen LogP contribution is 2.30. The lowest BCUT2D eigenvalue weighted by Gasteiger charge is -2.27. The first-order valence-electron chi connectivity index (χ1n) is 10.8. The van der Waals surface area contributed by atoms with E-state index in [1.54, 1.807) is 18.1 Å². The molecular weight excluding hydrogens is 440 g/mol. The Morgan fingerprint density at radius 2 is 2.06 bits per heavy atom. The van der Waals surface area contributed by atoms with E-state index < -0.39 is 0 Å². The van der Waals surface area contributed by atoms with E-state index in [0.29, 0.717) is 26.3 Å². The number of nitrogens with zero attached hydrogens (tertiary/aromatic N) is 5. The van der Waals surface area contributed by atoms with Crippen LogP contribution in [0.1, 0.15) is 11.5 Å². The number of hydrogen-bond donors (Lipinski definition) is 3. The topological polar surface area (TPSA) is 103 Å². The molecule has 2 aliphatic heterocycles. The molecule has 1 fully saturated rings. The van der Waals surface area contributed by atoms with Crippen molar-refractivity contribution in [3.63, 3.8) is 0 Å². The van der Waals surface area contributed by atoms with Gasteiger partial charge in [-0.2, -0.15) is 5.10 Å². The van der Waals surface area contributed by atoms with Crippen LogP contribution >= 0.6 is 11.9 Å². The van der Waals surface area contributed by atoms with Gasteiger partial charge in [-0.25, -0.2) is 4.98 Å². The van der Waals surface area contributed by atoms with Gasteiger partial charge >= 0.3 is 0 Å². The second-order valence-corrected chi connectivity index (χ2v) is 9.04. The number of nitrogens with one attached hydrogen (secondary N) is 3. The van der Waals surface area contributed by atoms with Gasteiger partial charge in [-0.15, -0.1) is 0 Å². The zero-order valence-corrected chi connectivity index (χ0v) is 19.1. The minimum Gasteiger partial charge on any atom is -0.379 e. The normalized spacial score (nSPS) is 16.3. The van der Waals surface area contributed by atoms with Crippen molar-refractivity contribution in [1.82, 2.24) is 29.0 Å². The largest absolute Gasteiger partial charge is 0.379 e. The van der Waals surface area contributed by atoms with Crippen LogP contribution in [-0.4, -0.2) is 67.7 Å². The molecule has 0 unspecified atom stereocenters. The van der Waals surface area contributed by atoms with Gasteiger partial charge in [0.1, 0.15) is 11.6 Å². The van der Waals surface area contributed by atoms with Crippen molar-refractivity contribution in [2.45, 2.75) is 18.4 Å². The molecule has 5 rings (SSSR count). The average molecular weight is 467 g/mol. The van der Waals surface area contributed by atoms with Gasteiger partial charge in [-0.3, -0.25) is 19.4 Å². The first kappa shape index (κ1) is 21.6. The molecule has 3 aromatic rings. The standard InChI is InChI=1S/C22H26N8O2S/c1-16-12-19(27-26-16)25-21-14-29(13-20-23-6-7-30(20)21)33-18-4-2-17(3-5-18)24-22(31)15-28-8-10-32-11-9-28/h2-7,12,14H,8-11,13,15H2,1H3,(H,24,31)(H2,25,26,27). The number of aryl methyl sites for hydroxylation is 1. The zero-order valence-electron chi connectivity index (χ0n) is 18.3. The molecule has 1 aromatic carbocycles. The van der Waals surface area contributed by atoms with Crippen LogP contribution in [0.15, 0.2) is 53.8 Å². The lowest BCUT2D eigenvalue weighted by Crippen LogP contribution is -2.41. The van der Waals surface area contributed by atoms with Crippen LogP contribution in [-0.2, 0) is 16.1 Å². The molecule has 11 heteroatoms. The maximum Gasteiger partial charge on any atom is 0.238 e. The second-order valence-electron chi connectivity index (χ2n) is 7.92. The van der Waals surface area contributed by atoms with Crippen molar-refractivity contribution in [2.75, 3.05) is 43.5 Å². The van der Waals surface area contributed by atoms with E-state index >= 15 is 0 Å². The summed E-state index contributed by atoms with van der Waals surface area (Å²) in [5.41, 5.74) is 1.78. The number of fused-ring (bicyclic) bond motifs is 1. The molecule has 0 saturated carbocycles. The molecule has 0 radical (unpaired) electrons. The van der Waals surface area contributed by atoms with Crippen molar-refractivity contribution in [2.24, 2.45) is 0 Å². The highest BCUT2D eigenvalue weighted by Gasteiger charge is 2.19. The third-order valence-corrected chi connectivity index (χ3v) is 6.29. The first-order valence-corrected chi connectivity index (χ1v) is 11.6. The minimum atomic E-state index is -0.00702. The van der Waals surface area contributed by atoms with Gasteiger partial charge in [-0.1, -0.05) is 0 Å². The molecule has 172 valence electrons. The van der Waals surface area contributed by atoms with Gasteiger partial charge in [0.05, 0.1) is 32.5 Å². The predicted octanol–water partition coefficient (Wildman–Crippen LogP) is 2.58. The Labute approximate surface area is 196 Å². The number of imidazole rings is 1. The van der Waals surface area contributed by atoms with Crippen molar-refractivity contribution in [3.8, 4) is 0 Å². The molecule has 1 saturated heterocycles. The summed E-state index contributed by atoms with van der Waals surface area (Å²) >= 11 is 1.61. The third kappa shape index (κ3) is 5.38. The van der Waals surface area contributed by atoms with E-state index in [9.17, 15) is 4.79 Å². The average Bonchev–Trinajstić information content (AvgIpc) is 3.44. The number of morpholine rings is 1. The van der Waals surface area contributed by atoms with Gasteiger partial charge in [-0.05, 0) is 43.1 Å². The van der Waals surface area contributed by atoms with E-state index in [4.69, 9.17) is 4.74 Å². The van der Waals surface area contributed by atoms with Crippen LogP contribution < -0.4 is 10.6 Å². The number of benzene rings is 1. The number of aromatic nitrogens is 4. The monoisotopic (exact) mass is 466 g/mol. The third-order valence-electron chi connectivity index (χ3n) is 5.33. The lowest BCUT2D eigenvalue weighted by atomic mass is 10.3. The molecule has 0 spiro atoms. The number of hydrogen-bond acceptors (Lipinski definition) is 8. The zero-order chi connectivity index (χ0) is 22.6.